The maximum atomic E-state index is 13.1. The molecule has 2 heterocycles. The Kier molecular flexibility index (Phi) is 8.81. The largest absolute Gasteiger partial charge is 0.508 e. The number of ether oxygens (including phenoxy) is 1. The molecule has 2 atom stereocenters. The molecule has 196 valence electrons. The van der Waals surface area contributed by atoms with Crippen molar-refractivity contribution in [2.75, 3.05) is 7.11 Å². The second-order valence-corrected chi connectivity index (χ2v) is 9.94. The summed E-state index contributed by atoms with van der Waals surface area (Å²) in [6, 6.07) is 12.0. The highest BCUT2D eigenvalue weighted by Gasteiger charge is 2.31. The zero-order valence-corrected chi connectivity index (χ0v) is 22.0. The van der Waals surface area contributed by atoms with Crippen molar-refractivity contribution in [2.24, 2.45) is 11.8 Å². The number of carbonyl (C=O) groups is 2. The molecule has 4 rings (SSSR count). The summed E-state index contributed by atoms with van der Waals surface area (Å²) in [6.07, 6.45) is 2.26. The average molecular weight is 570 g/mol. The number of amides is 1. The number of halogens is 1. The Morgan fingerprint density at radius 3 is 2.51 bits per heavy atom. The van der Waals surface area contributed by atoms with E-state index in [4.69, 9.17) is 9.15 Å². The van der Waals surface area contributed by atoms with E-state index in [2.05, 4.69) is 31.2 Å². The number of nitrogens with zero attached hydrogens (tertiary/aromatic N) is 1. The number of rotatable bonds is 8. The lowest BCUT2D eigenvalue weighted by Gasteiger charge is -2.21. The zero-order valence-electron chi connectivity index (χ0n) is 20.5. The minimum Gasteiger partial charge on any atom is -0.508 e. The van der Waals surface area contributed by atoms with Crippen LogP contribution in [0.2, 0.25) is 0 Å². The Balaban J connectivity index is 0.00000380. The van der Waals surface area contributed by atoms with Crippen LogP contribution in [0.5, 0.6) is 5.75 Å². The molecule has 0 saturated heterocycles. The van der Waals surface area contributed by atoms with Crippen LogP contribution >= 0.6 is 15.9 Å². The molecule has 9 heteroatoms. The number of hydrogen-bond donors (Lipinski definition) is 3. The van der Waals surface area contributed by atoms with E-state index in [1.54, 1.807) is 30.5 Å². The van der Waals surface area contributed by atoms with Crippen LogP contribution < -0.4 is 5.32 Å². The summed E-state index contributed by atoms with van der Waals surface area (Å²) in [6.45, 7) is 5.73. The molecule has 37 heavy (non-hydrogen) atoms. The first-order valence-electron chi connectivity index (χ1n) is 11.6. The lowest BCUT2D eigenvalue weighted by molar-refractivity contribution is -0.125. The Labute approximate surface area is 224 Å². The van der Waals surface area contributed by atoms with E-state index in [9.17, 15) is 14.7 Å². The molecule has 1 amide bonds. The lowest BCUT2D eigenvalue weighted by Crippen LogP contribution is -2.36. The van der Waals surface area contributed by atoms with Gasteiger partial charge in [0.1, 0.15) is 11.8 Å². The van der Waals surface area contributed by atoms with Crippen molar-refractivity contribution in [3.8, 4) is 17.1 Å². The number of benzene rings is 2. The van der Waals surface area contributed by atoms with Crippen LogP contribution in [0.4, 0.5) is 0 Å². The number of hydrogen-bond acceptors (Lipinski definition) is 6. The minimum absolute atomic E-state index is 0. The SMILES string of the molecule is C.COC(=O)c1nc([C@@H](NC(=O)[C@@H](C)Cc2ccc(O)cc2)C(C)C)oc1-c1c[nH]c2c(Br)cccc12. The Morgan fingerprint density at radius 2 is 1.86 bits per heavy atom. The van der Waals surface area contributed by atoms with Gasteiger partial charge in [0.25, 0.3) is 0 Å². The van der Waals surface area contributed by atoms with Crippen molar-refractivity contribution in [3.63, 3.8) is 0 Å². The molecule has 0 saturated carbocycles. The third-order valence-corrected chi connectivity index (χ3v) is 6.75. The fourth-order valence-corrected chi connectivity index (χ4v) is 4.56. The van der Waals surface area contributed by atoms with Gasteiger partial charge in [-0.1, -0.05) is 52.5 Å². The van der Waals surface area contributed by atoms with Gasteiger partial charge in [-0.05, 0) is 52.0 Å². The number of methoxy groups -OCH3 is 1. The molecule has 0 spiro atoms. The van der Waals surface area contributed by atoms with Crippen molar-refractivity contribution in [3.05, 3.63) is 70.3 Å². The van der Waals surface area contributed by atoms with Gasteiger partial charge in [0.15, 0.2) is 11.5 Å². The quantitative estimate of drug-likeness (QED) is 0.211. The number of aromatic hydroxyl groups is 1. The third-order valence-electron chi connectivity index (χ3n) is 6.09. The number of para-hydroxylation sites is 1. The first-order valence-corrected chi connectivity index (χ1v) is 12.4. The molecule has 0 aliphatic heterocycles. The summed E-state index contributed by atoms with van der Waals surface area (Å²) in [7, 11) is 1.29. The van der Waals surface area contributed by atoms with Crippen LogP contribution in [-0.2, 0) is 16.0 Å². The fourth-order valence-electron chi connectivity index (χ4n) is 4.08. The van der Waals surface area contributed by atoms with Crippen molar-refractivity contribution >= 4 is 38.7 Å². The smallest absolute Gasteiger partial charge is 0.360 e. The highest BCUT2D eigenvalue weighted by Crippen LogP contribution is 2.36. The minimum atomic E-state index is -0.626. The molecule has 4 aromatic rings. The molecule has 3 N–H and O–H groups in total. The van der Waals surface area contributed by atoms with E-state index in [1.165, 1.54) is 7.11 Å². The van der Waals surface area contributed by atoms with Crippen LogP contribution in [0, 0.1) is 11.8 Å². The van der Waals surface area contributed by atoms with Crippen molar-refractivity contribution in [1.82, 2.24) is 15.3 Å². The highest BCUT2D eigenvalue weighted by molar-refractivity contribution is 9.10. The molecule has 0 aliphatic carbocycles. The van der Waals surface area contributed by atoms with Crippen LogP contribution in [0.1, 0.15) is 56.2 Å². The van der Waals surface area contributed by atoms with Gasteiger partial charge < -0.3 is 24.6 Å². The number of carbonyl (C=O) groups excluding carboxylic acids is 2. The number of phenolic OH excluding ortho intramolecular Hbond substituents is 1. The fraction of sp³-hybridized carbons (Fsp3) is 0.321. The Bertz CT molecular complexity index is 1390. The van der Waals surface area contributed by atoms with Gasteiger partial charge in [0.2, 0.25) is 11.8 Å². The predicted molar refractivity (Wildman–Crippen MR) is 146 cm³/mol. The molecule has 2 aromatic carbocycles. The van der Waals surface area contributed by atoms with Crippen LogP contribution in [0.25, 0.3) is 22.2 Å². The van der Waals surface area contributed by atoms with Crippen LogP contribution in [0.15, 0.2) is 57.6 Å². The maximum absolute atomic E-state index is 13.1. The summed E-state index contributed by atoms with van der Waals surface area (Å²) < 4.78 is 12.0. The summed E-state index contributed by atoms with van der Waals surface area (Å²) in [5.41, 5.74) is 2.51. The second kappa shape index (κ2) is 11.6. The molecular formula is C28H32BrN3O5. The average Bonchev–Trinajstić information content (AvgIpc) is 3.48. The lowest BCUT2D eigenvalue weighted by atomic mass is 9.98. The van der Waals surface area contributed by atoms with Gasteiger partial charge in [0.05, 0.1) is 12.6 Å². The predicted octanol–water partition coefficient (Wildman–Crippen LogP) is 6.41. The summed E-state index contributed by atoms with van der Waals surface area (Å²) in [4.78, 5) is 33.4. The van der Waals surface area contributed by atoms with Gasteiger partial charge in [-0.2, -0.15) is 0 Å². The maximum Gasteiger partial charge on any atom is 0.360 e. The van der Waals surface area contributed by atoms with E-state index in [1.807, 2.05) is 39.0 Å². The first kappa shape index (κ1) is 28.0. The topological polar surface area (TPSA) is 117 Å². The first-order chi connectivity index (χ1) is 17.2. The molecule has 2 aromatic heterocycles. The summed E-state index contributed by atoms with van der Waals surface area (Å²) in [5, 5.41) is 13.4. The molecule has 8 nitrogen and oxygen atoms in total. The highest BCUT2D eigenvalue weighted by atomic mass is 79.9. The second-order valence-electron chi connectivity index (χ2n) is 9.09. The number of oxazole rings is 1. The van der Waals surface area contributed by atoms with Crippen molar-refractivity contribution in [2.45, 2.75) is 40.7 Å². The van der Waals surface area contributed by atoms with Crippen LogP contribution in [0.3, 0.4) is 0 Å². The standard InChI is InChI=1S/C27H28BrN3O5.CH4/c1-14(2)21(30-25(33)15(3)12-16-8-10-17(32)11-9-16)26-31-23(27(34)35-4)24(36-26)19-13-29-22-18(19)6-5-7-20(22)28;/h5-11,13-15,21,29,32H,12H2,1-4H3,(H,30,33);1H4/t15-,21-;/m0./s1. The van der Waals surface area contributed by atoms with E-state index < -0.39 is 12.0 Å². The number of nitrogens with one attached hydrogen (secondary N) is 2. The van der Waals surface area contributed by atoms with E-state index in [0.29, 0.717) is 12.0 Å². The normalized spacial score (nSPS) is 12.7. The molecule has 0 fully saturated rings. The third kappa shape index (κ3) is 5.88. The number of esters is 1. The Hall–Kier alpha value is -3.59. The summed E-state index contributed by atoms with van der Waals surface area (Å²) >= 11 is 3.53. The van der Waals surface area contributed by atoms with Gasteiger partial charge >= 0.3 is 5.97 Å². The van der Waals surface area contributed by atoms with Gasteiger partial charge in [-0.15, -0.1) is 0 Å². The number of phenols is 1. The monoisotopic (exact) mass is 569 g/mol. The summed E-state index contributed by atoms with van der Waals surface area (Å²) in [5.74, 6) is -0.510. The van der Waals surface area contributed by atoms with E-state index >= 15 is 0 Å². The van der Waals surface area contributed by atoms with Gasteiger partial charge in [-0.3, -0.25) is 4.79 Å². The van der Waals surface area contributed by atoms with Crippen molar-refractivity contribution < 1.29 is 23.8 Å². The molecule has 0 radical (unpaired) electrons. The van der Waals surface area contributed by atoms with Crippen LogP contribution in [-0.4, -0.2) is 34.1 Å². The molecule has 0 unspecified atom stereocenters. The number of aromatic amines is 1. The molecule has 0 aliphatic rings. The molecule has 0 bridgehead atoms. The number of fused-ring (bicyclic) bond motifs is 1. The van der Waals surface area contributed by atoms with Gasteiger partial charge in [0, 0.05) is 27.5 Å². The number of H-pyrrole nitrogens is 1. The Morgan fingerprint density at radius 1 is 1.16 bits per heavy atom. The van der Waals surface area contributed by atoms with Gasteiger partial charge in [-0.25, -0.2) is 9.78 Å². The van der Waals surface area contributed by atoms with Crippen molar-refractivity contribution in [1.29, 1.82) is 0 Å². The van der Waals surface area contributed by atoms with E-state index in [0.717, 1.165) is 20.9 Å². The number of aromatic nitrogens is 2. The molecular weight excluding hydrogens is 538 g/mol. The van der Waals surface area contributed by atoms with E-state index in [-0.39, 0.29) is 48.3 Å². The zero-order chi connectivity index (χ0) is 26.0.